The number of allylic oxidation sites excluding steroid dienone is 2. The molecule has 1 saturated carbocycles. The van der Waals surface area contributed by atoms with Crippen LogP contribution in [0.25, 0.3) is 0 Å². The number of fused-ring (bicyclic) bond motifs is 2. The van der Waals surface area contributed by atoms with Crippen LogP contribution in [0.15, 0.2) is 133 Å². The SMILES string of the molecule is O=C(OCc1ccccc1)C1C2C=CC(C1C(=O)OCc1ccccc1)C(C(=O)OCc1ccccc1)C2C(=O)OCc1ccccc1. The van der Waals surface area contributed by atoms with Crippen molar-refractivity contribution in [3.8, 4) is 0 Å². The normalized spacial score (nSPS) is 22.3. The van der Waals surface area contributed by atoms with Gasteiger partial charge in [-0.15, -0.1) is 0 Å². The lowest BCUT2D eigenvalue weighted by atomic mass is 9.53. The van der Waals surface area contributed by atoms with Gasteiger partial charge in [0, 0.05) is 11.8 Å². The van der Waals surface area contributed by atoms with E-state index in [0.717, 1.165) is 22.3 Å². The highest BCUT2D eigenvalue weighted by molar-refractivity contribution is 5.90. The van der Waals surface area contributed by atoms with Crippen LogP contribution in [0.4, 0.5) is 0 Å². The molecule has 0 radical (unpaired) electrons. The summed E-state index contributed by atoms with van der Waals surface area (Å²) in [6.45, 7) is -0.0765. The first-order valence-electron chi connectivity index (χ1n) is 16.0. The minimum absolute atomic E-state index is 0.0191. The molecule has 0 spiro atoms. The van der Waals surface area contributed by atoms with Crippen molar-refractivity contribution in [2.45, 2.75) is 26.4 Å². The van der Waals surface area contributed by atoms with E-state index in [4.69, 9.17) is 18.9 Å². The van der Waals surface area contributed by atoms with Gasteiger partial charge in [-0.1, -0.05) is 133 Å². The van der Waals surface area contributed by atoms with Crippen molar-refractivity contribution in [1.29, 1.82) is 0 Å². The molecule has 244 valence electrons. The maximum atomic E-state index is 14.0. The Morgan fingerprint density at radius 1 is 0.354 bits per heavy atom. The summed E-state index contributed by atoms with van der Waals surface area (Å²) in [6, 6.07) is 36.7. The van der Waals surface area contributed by atoms with Crippen LogP contribution in [0.3, 0.4) is 0 Å². The molecule has 3 aliphatic carbocycles. The molecule has 0 saturated heterocycles. The largest absolute Gasteiger partial charge is 0.461 e. The third-order valence-corrected chi connectivity index (χ3v) is 8.97. The lowest BCUT2D eigenvalue weighted by Gasteiger charge is -2.49. The summed E-state index contributed by atoms with van der Waals surface area (Å²) >= 11 is 0. The Kier molecular flexibility index (Phi) is 10.4. The van der Waals surface area contributed by atoms with Gasteiger partial charge in [-0.2, -0.15) is 0 Å². The number of esters is 4. The minimum atomic E-state index is -1.10. The van der Waals surface area contributed by atoms with Crippen LogP contribution >= 0.6 is 0 Å². The second kappa shape index (κ2) is 15.4. The van der Waals surface area contributed by atoms with E-state index in [1.54, 1.807) is 12.2 Å². The summed E-state index contributed by atoms with van der Waals surface area (Å²) in [5.74, 6) is -8.78. The Balaban J connectivity index is 1.31. The molecular formula is C40H36O8. The molecule has 8 heteroatoms. The van der Waals surface area contributed by atoms with Crippen LogP contribution in [-0.4, -0.2) is 23.9 Å². The second-order valence-electron chi connectivity index (χ2n) is 12.0. The molecule has 4 atom stereocenters. The van der Waals surface area contributed by atoms with Crippen molar-refractivity contribution in [3.05, 3.63) is 156 Å². The van der Waals surface area contributed by atoms with Gasteiger partial charge in [0.25, 0.3) is 0 Å². The fourth-order valence-electron chi connectivity index (χ4n) is 6.65. The topological polar surface area (TPSA) is 105 Å². The van der Waals surface area contributed by atoms with Crippen LogP contribution in [0.1, 0.15) is 22.3 Å². The molecule has 3 aliphatic rings. The van der Waals surface area contributed by atoms with E-state index < -0.39 is 59.4 Å². The average molecular weight is 645 g/mol. The van der Waals surface area contributed by atoms with Gasteiger partial charge in [0.2, 0.25) is 0 Å². The zero-order valence-corrected chi connectivity index (χ0v) is 26.3. The molecule has 4 aromatic carbocycles. The Bertz CT molecular complexity index is 1470. The molecule has 0 aliphatic heterocycles. The fraction of sp³-hybridized carbons (Fsp3) is 0.250. The van der Waals surface area contributed by atoms with Gasteiger partial charge in [-0.05, 0) is 22.3 Å². The van der Waals surface area contributed by atoms with Gasteiger partial charge in [-0.3, -0.25) is 19.2 Å². The van der Waals surface area contributed by atoms with Crippen LogP contribution in [-0.2, 0) is 64.6 Å². The summed E-state index contributed by atoms with van der Waals surface area (Å²) in [5.41, 5.74) is 3.08. The first kappa shape index (κ1) is 32.4. The second-order valence-corrected chi connectivity index (χ2v) is 12.0. The molecular weight excluding hydrogens is 608 g/mol. The highest BCUT2D eigenvalue weighted by atomic mass is 16.5. The zero-order valence-electron chi connectivity index (χ0n) is 26.3. The van der Waals surface area contributed by atoms with Crippen molar-refractivity contribution >= 4 is 23.9 Å². The van der Waals surface area contributed by atoms with Gasteiger partial charge in [0.15, 0.2) is 0 Å². The monoisotopic (exact) mass is 644 g/mol. The van der Waals surface area contributed by atoms with E-state index >= 15 is 0 Å². The number of hydrogen-bond donors (Lipinski definition) is 0. The first-order valence-corrected chi connectivity index (χ1v) is 16.0. The van der Waals surface area contributed by atoms with Gasteiger partial charge >= 0.3 is 23.9 Å². The molecule has 0 heterocycles. The van der Waals surface area contributed by atoms with Gasteiger partial charge < -0.3 is 18.9 Å². The van der Waals surface area contributed by atoms with E-state index in [1.165, 1.54) is 0 Å². The molecule has 48 heavy (non-hydrogen) atoms. The Morgan fingerprint density at radius 3 is 0.771 bits per heavy atom. The summed E-state index contributed by atoms with van der Waals surface area (Å²) in [7, 11) is 0. The third kappa shape index (κ3) is 7.55. The fourth-order valence-corrected chi connectivity index (χ4v) is 6.65. The van der Waals surface area contributed by atoms with E-state index in [9.17, 15) is 19.2 Å². The van der Waals surface area contributed by atoms with Gasteiger partial charge in [0.1, 0.15) is 26.4 Å². The summed E-state index contributed by atoms with van der Waals surface area (Å²) < 4.78 is 23.1. The molecule has 7 rings (SSSR count). The number of benzene rings is 4. The molecule has 2 bridgehead atoms. The lowest BCUT2D eigenvalue weighted by molar-refractivity contribution is -0.187. The van der Waals surface area contributed by atoms with Crippen LogP contribution in [0, 0.1) is 35.5 Å². The number of hydrogen-bond acceptors (Lipinski definition) is 8. The highest BCUT2D eigenvalue weighted by Crippen LogP contribution is 2.53. The van der Waals surface area contributed by atoms with Crippen molar-refractivity contribution in [2.75, 3.05) is 0 Å². The van der Waals surface area contributed by atoms with Gasteiger partial charge in [0.05, 0.1) is 23.7 Å². The number of carbonyl (C=O) groups excluding carboxylic acids is 4. The zero-order chi connectivity index (χ0) is 33.3. The number of ether oxygens (including phenoxy) is 4. The predicted molar refractivity (Wildman–Crippen MR) is 175 cm³/mol. The molecule has 0 aromatic heterocycles. The summed E-state index contributed by atoms with van der Waals surface area (Å²) in [6.07, 6.45) is 3.46. The van der Waals surface area contributed by atoms with Crippen molar-refractivity contribution in [2.24, 2.45) is 35.5 Å². The van der Waals surface area contributed by atoms with E-state index in [-0.39, 0.29) is 26.4 Å². The summed E-state index contributed by atoms with van der Waals surface area (Å²) in [5, 5.41) is 0. The van der Waals surface area contributed by atoms with Crippen LogP contribution in [0.2, 0.25) is 0 Å². The molecule has 4 aromatic rings. The lowest BCUT2D eigenvalue weighted by Crippen LogP contribution is -2.58. The smallest absolute Gasteiger partial charge is 0.310 e. The standard InChI is InChI=1S/C40H36O8/c41-37(45-23-27-13-5-1-6-14-27)33-31-21-22-32(34(33)38(42)46-24-28-15-7-2-8-16-28)36(40(44)48-26-30-19-11-4-12-20-30)35(31)39(43)47-25-29-17-9-3-10-18-29/h1-22,31-36H,23-26H2. The molecule has 1 fully saturated rings. The van der Waals surface area contributed by atoms with E-state index in [2.05, 4.69) is 0 Å². The maximum absolute atomic E-state index is 14.0. The Labute approximate surface area is 279 Å². The Hall–Kier alpha value is -5.50. The number of rotatable bonds is 12. The van der Waals surface area contributed by atoms with Crippen LogP contribution in [0.5, 0.6) is 0 Å². The van der Waals surface area contributed by atoms with Crippen LogP contribution < -0.4 is 0 Å². The predicted octanol–water partition coefficient (Wildman–Crippen LogP) is 6.24. The molecule has 8 nitrogen and oxygen atoms in total. The molecule has 0 N–H and O–H groups in total. The maximum Gasteiger partial charge on any atom is 0.310 e. The third-order valence-electron chi connectivity index (χ3n) is 8.97. The van der Waals surface area contributed by atoms with E-state index in [0.29, 0.717) is 0 Å². The Morgan fingerprint density at radius 2 is 0.562 bits per heavy atom. The summed E-state index contributed by atoms with van der Waals surface area (Å²) in [4.78, 5) is 55.8. The van der Waals surface area contributed by atoms with Crippen molar-refractivity contribution < 1.29 is 38.1 Å². The first-order chi connectivity index (χ1) is 23.5. The molecule has 0 amide bonds. The highest BCUT2D eigenvalue weighted by Gasteiger charge is 2.62. The van der Waals surface area contributed by atoms with Crippen molar-refractivity contribution in [1.82, 2.24) is 0 Å². The minimum Gasteiger partial charge on any atom is -0.461 e. The van der Waals surface area contributed by atoms with Gasteiger partial charge in [-0.25, -0.2) is 0 Å². The van der Waals surface area contributed by atoms with E-state index in [1.807, 2.05) is 121 Å². The average Bonchev–Trinajstić information content (AvgIpc) is 3.15. The quantitative estimate of drug-likeness (QED) is 0.101. The molecule has 4 unspecified atom stereocenters. The van der Waals surface area contributed by atoms with Crippen molar-refractivity contribution in [3.63, 3.8) is 0 Å². The number of carbonyl (C=O) groups is 4.